The van der Waals surface area contributed by atoms with Crippen LogP contribution in [0.3, 0.4) is 0 Å². The van der Waals surface area contributed by atoms with Gasteiger partial charge in [-0.3, -0.25) is 14.9 Å². The van der Waals surface area contributed by atoms with Crippen molar-refractivity contribution in [1.29, 1.82) is 0 Å². The average Bonchev–Trinajstić information content (AvgIpc) is 3.09. The third-order valence-electron chi connectivity index (χ3n) is 3.54. The van der Waals surface area contributed by atoms with Gasteiger partial charge >= 0.3 is 0 Å². The van der Waals surface area contributed by atoms with E-state index in [0.717, 1.165) is 11.3 Å². The molecule has 25 heavy (non-hydrogen) atoms. The van der Waals surface area contributed by atoms with Crippen LogP contribution >= 0.6 is 0 Å². The lowest BCUT2D eigenvalue weighted by atomic mass is 10.2. The van der Waals surface area contributed by atoms with E-state index in [-0.39, 0.29) is 17.8 Å². The highest BCUT2D eigenvalue weighted by Gasteiger charge is 2.13. The van der Waals surface area contributed by atoms with Gasteiger partial charge in [0.2, 0.25) is 0 Å². The standard InChI is InChI=1S/C16H14N6O3/c1-11-5-7-13(8-6-11)21-15(18-19-20-21)10-17-16(23)12-3-2-4-14(9-12)22(24)25/h2-9H,10H2,1H3,(H,17,23). The molecule has 0 fully saturated rings. The van der Waals surface area contributed by atoms with Crippen molar-refractivity contribution < 1.29 is 9.72 Å². The van der Waals surface area contributed by atoms with Crippen LogP contribution < -0.4 is 5.32 Å². The molecular formula is C16H14N6O3. The van der Waals surface area contributed by atoms with Crippen LogP contribution in [0.5, 0.6) is 0 Å². The Bertz CT molecular complexity index is 920. The maximum Gasteiger partial charge on any atom is 0.270 e. The molecule has 126 valence electrons. The number of hydrogen-bond donors (Lipinski definition) is 1. The van der Waals surface area contributed by atoms with Crippen LogP contribution in [-0.2, 0) is 6.54 Å². The van der Waals surface area contributed by atoms with Gasteiger partial charge in [-0.25, -0.2) is 0 Å². The first-order chi connectivity index (χ1) is 12.0. The fourth-order valence-corrected chi connectivity index (χ4v) is 2.22. The van der Waals surface area contributed by atoms with Crippen molar-refractivity contribution >= 4 is 11.6 Å². The van der Waals surface area contributed by atoms with Crippen molar-refractivity contribution in [2.24, 2.45) is 0 Å². The SMILES string of the molecule is Cc1ccc(-n2nnnc2CNC(=O)c2cccc([N+](=O)[O-])c2)cc1. The Labute approximate surface area is 142 Å². The summed E-state index contributed by atoms with van der Waals surface area (Å²) in [4.78, 5) is 22.4. The van der Waals surface area contributed by atoms with Crippen LogP contribution in [0.25, 0.3) is 5.69 Å². The monoisotopic (exact) mass is 338 g/mol. The van der Waals surface area contributed by atoms with Gasteiger partial charge in [0, 0.05) is 17.7 Å². The Balaban J connectivity index is 1.73. The number of hydrogen-bond acceptors (Lipinski definition) is 6. The highest BCUT2D eigenvalue weighted by molar-refractivity contribution is 5.94. The molecule has 1 heterocycles. The van der Waals surface area contributed by atoms with Crippen LogP contribution in [0.2, 0.25) is 0 Å². The fourth-order valence-electron chi connectivity index (χ4n) is 2.22. The molecule has 1 aromatic heterocycles. The van der Waals surface area contributed by atoms with Crippen molar-refractivity contribution in [2.75, 3.05) is 0 Å². The zero-order valence-corrected chi connectivity index (χ0v) is 13.3. The summed E-state index contributed by atoms with van der Waals surface area (Å²) in [6.45, 7) is 2.06. The van der Waals surface area contributed by atoms with Crippen molar-refractivity contribution in [3.05, 3.63) is 75.6 Å². The van der Waals surface area contributed by atoms with Crippen molar-refractivity contribution in [3.8, 4) is 5.69 Å². The topological polar surface area (TPSA) is 116 Å². The minimum Gasteiger partial charge on any atom is -0.345 e. The Morgan fingerprint density at radius 1 is 1.24 bits per heavy atom. The molecule has 9 heteroatoms. The Morgan fingerprint density at radius 2 is 2.00 bits per heavy atom. The minimum absolute atomic E-state index is 0.0857. The van der Waals surface area contributed by atoms with Gasteiger partial charge in [-0.1, -0.05) is 23.8 Å². The van der Waals surface area contributed by atoms with Gasteiger partial charge in [-0.05, 0) is 35.5 Å². The highest BCUT2D eigenvalue weighted by atomic mass is 16.6. The zero-order valence-electron chi connectivity index (χ0n) is 13.3. The number of non-ortho nitro benzene ring substituents is 1. The maximum atomic E-state index is 12.2. The molecule has 0 spiro atoms. The summed E-state index contributed by atoms with van der Waals surface area (Å²) in [6, 6.07) is 13.1. The van der Waals surface area contributed by atoms with Crippen LogP contribution in [0.4, 0.5) is 5.69 Å². The summed E-state index contributed by atoms with van der Waals surface area (Å²) in [5.74, 6) is 0.00444. The molecule has 9 nitrogen and oxygen atoms in total. The van der Waals surface area contributed by atoms with Crippen LogP contribution in [0, 0.1) is 17.0 Å². The predicted molar refractivity (Wildman–Crippen MR) is 88.2 cm³/mol. The molecule has 3 rings (SSSR count). The van der Waals surface area contributed by atoms with E-state index < -0.39 is 10.8 Å². The van der Waals surface area contributed by atoms with Gasteiger partial charge in [0.15, 0.2) is 5.82 Å². The van der Waals surface area contributed by atoms with Gasteiger partial charge in [0.25, 0.3) is 11.6 Å². The normalized spacial score (nSPS) is 10.4. The molecule has 0 aliphatic heterocycles. The number of nitro groups is 1. The number of carbonyl (C=O) groups excluding carboxylic acids is 1. The summed E-state index contributed by atoms with van der Waals surface area (Å²) in [5, 5.41) is 24.9. The number of nitrogens with zero attached hydrogens (tertiary/aromatic N) is 5. The van der Waals surface area contributed by atoms with Gasteiger partial charge in [0.1, 0.15) is 0 Å². The van der Waals surface area contributed by atoms with Gasteiger partial charge in [0.05, 0.1) is 17.2 Å². The lowest BCUT2D eigenvalue weighted by Gasteiger charge is -2.07. The summed E-state index contributed by atoms with van der Waals surface area (Å²) in [7, 11) is 0. The zero-order chi connectivity index (χ0) is 17.8. The first-order valence-electron chi connectivity index (χ1n) is 7.41. The van der Waals surface area contributed by atoms with E-state index in [9.17, 15) is 14.9 Å². The molecule has 0 unspecified atom stereocenters. The number of aromatic nitrogens is 4. The van der Waals surface area contributed by atoms with E-state index in [1.807, 2.05) is 31.2 Å². The lowest BCUT2D eigenvalue weighted by Crippen LogP contribution is -2.24. The largest absolute Gasteiger partial charge is 0.345 e. The molecule has 1 N–H and O–H groups in total. The molecular weight excluding hydrogens is 324 g/mol. The third-order valence-corrected chi connectivity index (χ3v) is 3.54. The summed E-state index contributed by atoms with van der Waals surface area (Å²) >= 11 is 0. The molecule has 0 saturated carbocycles. The second kappa shape index (κ2) is 6.87. The quantitative estimate of drug-likeness (QED) is 0.560. The molecule has 0 aliphatic rings. The van der Waals surface area contributed by atoms with Crippen LogP contribution in [0.15, 0.2) is 48.5 Å². The number of tetrazole rings is 1. The molecule has 1 amide bonds. The second-order valence-corrected chi connectivity index (χ2v) is 5.33. The van der Waals surface area contributed by atoms with E-state index in [0.29, 0.717) is 5.82 Å². The Morgan fingerprint density at radius 3 is 2.72 bits per heavy atom. The maximum absolute atomic E-state index is 12.2. The smallest absolute Gasteiger partial charge is 0.270 e. The number of nitro benzene ring substituents is 1. The van der Waals surface area contributed by atoms with E-state index in [2.05, 4.69) is 20.8 Å². The summed E-state index contributed by atoms with van der Waals surface area (Å²) in [5.41, 5.74) is 1.94. The number of carbonyl (C=O) groups is 1. The van der Waals surface area contributed by atoms with E-state index in [4.69, 9.17) is 0 Å². The van der Waals surface area contributed by atoms with E-state index in [1.54, 1.807) is 0 Å². The van der Waals surface area contributed by atoms with E-state index >= 15 is 0 Å². The lowest BCUT2D eigenvalue weighted by molar-refractivity contribution is -0.384. The number of amides is 1. The molecule has 3 aromatic rings. The first-order valence-corrected chi connectivity index (χ1v) is 7.41. The second-order valence-electron chi connectivity index (χ2n) is 5.33. The Hall–Kier alpha value is -3.62. The van der Waals surface area contributed by atoms with Crippen LogP contribution in [0.1, 0.15) is 21.7 Å². The minimum atomic E-state index is -0.547. The highest BCUT2D eigenvalue weighted by Crippen LogP contribution is 2.13. The number of aryl methyl sites for hydroxylation is 1. The number of nitrogens with one attached hydrogen (secondary N) is 1. The van der Waals surface area contributed by atoms with Crippen LogP contribution in [-0.4, -0.2) is 31.0 Å². The van der Waals surface area contributed by atoms with Gasteiger partial charge in [-0.2, -0.15) is 4.68 Å². The molecule has 0 radical (unpaired) electrons. The summed E-state index contributed by atoms with van der Waals surface area (Å²) in [6.07, 6.45) is 0. The molecule has 0 atom stereocenters. The fraction of sp³-hybridized carbons (Fsp3) is 0.125. The van der Waals surface area contributed by atoms with Crippen molar-refractivity contribution in [2.45, 2.75) is 13.5 Å². The van der Waals surface area contributed by atoms with E-state index in [1.165, 1.54) is 28.9 Å². The molecule has 0 bridgehead atoms. The number of benzene rings is 2. The Kier molecular flexibility index (Phi) is 4.46. The molecule has 0 saturated heterocycles. The van der Waals surface area contributed by atoms with Gasteiger partial charge < -0.3 is 5.32 Å². The molecule has 0 aliphatic carbocycles. The number of rotatable bonds is 5. The summed E-state index contributed by atoms with van der Waals surface area (Å²) < 4.78 is 1.52. The third kappa shape index (κ3) is 3.66. The first kappa shape index (κ1) is 16.2. The van der Waals surface area contributed by atoms with Crippen molar-refractivity contribution in [1.82, 2.24) is 25.5 Å². The molecule has 2 aromatic carbocycles. The van der Waals surface area contributed by atoms with Crippen molar-refractivity contribution in [3.63, 3.8) is 0 Å². The predicted octanol–water partition coefficient (Wildman–Crippen LogP) is 1.81. The van der Waals surface area contributed by atoms with Gasteiger partial charge in [-0.15, -0.1) is 5.10 Å². The average molecular weight is 338 g/mol.